The van der Waals surface area contributed by atoms with Gasteiger partial charge in [0.25, 0.3) is 11.1 Å². The third-order valence-electron chi connectivity index (χ3n) is 4.47. The zero-order valence-corrected chi connectivity index (χ0v) is 15.6. The van der Waals surface area contributed by atoms with Gasteiger partial charge in [-0.1, -0.05) is 23.8 Å². The second kappa shape index (κ2) is 6.37. The molecule has 0 aliphatic heterocycles. The summed E-state index contributed by atoms with van der Waals surface area (Å²) in [5.74, 6) is 2.97. The van der Waals surface area contributed by atoms with E-state index in [1.165, 1.54) is 35.0 Å². The summed E-state index contributed by atoms with van der Waals surface area (Å²) in [6.45, 7) is 6.19. The Morgan fingerprint density at radius 2 is 2.21 bits per heavy atom. The first-order chi connectivity index (χ1) is 11.6. The van der Waals surface area contributed by atoms with Gasteiger partial charge >= 0.3 is 0 Å². The minimum Gasteiger partial charge on any atom is -0.410 e. The van der Waals surface area contributed by atoms with Crippen LogP contribution in [0.3, 0.4) is 0 Å². The molecule has 3 heterocycles. The maximum Gasteiger partial charge on any atom is 0.277 e. The van der Waals surface area contributed by atoms with Crippen LogP contribution in [0.2, 0.25) is 0 Å². The van der Waals surface area contributed by atoms with Crippen LogP contribution < -0.4 is 0 Å². The highest BCUT2D eigenvalue weighted by Gasteiger charge is 2.21. The number of aryl methyl sites for hydroxylation is 3. The van der Waals surface area contributed by atoms with Crippen LogP contribution in [-0.4, -0.2) is 15.4 Å². The summed E-state index contributed by atoms with van der Waals surface area (Å²) in [5, 5.41) is 13.0. The molecule has 4 rings (SSSR count). The molecule has 5 nitrogen and oxygen atoms in total. The van der Waals surface area contributed by atoms with Gasteiger partial charge in [-0.05, 0) is 50.7 Å². The van der Waals surface area contributed by atoms with Gasteiger partial charge in [-0.2, -0.15) is 0 Å². The largest absolute Gasteiger partial charge is 0.410 e. The van der Waals surface area contributed by atoms with Crippen molar-refractivity contribution in [2.75, 3.05) is 0 Å². The zero-order valence-electron chi connectivity index (χ0n) is 14.0. The molecule has 1 aliphatic carbocycles. The number of nitrogens with zero attached hydrogens (tertiary/aromatic N) is 3. The first kappa shape index (κ1) is 15.9. The lowest BCUT2D eigenvalue weighted by molar-refractivity contribution is 0.392. The molecule has 0 saturated heterocycles. The highest BCUT2D eigenvalue weighted by molar-refractivity contribution is 7.98. The van der Waals surface area contributed by atoms with Crippen LogP contribution in [0.5, 0.6) is 0 Å². The van der Waals surface area contributed by atoms with Gasteiger partial charge in [0.15, 0.2) is 0 Å². The predicted octanol–water partition coefficient (Wildman–Crippen LogP) is 4.82. The first-order valence-corrected chi connectivity index (χ1v) is 9.90. The van der Waals surface area contributed by atoms with Crippen molar-refractivity contribution in [2.24, 2.45) is 5.92 Å². The van der Waals surface area contributed by atoms with Crippen LogP contribution >= 0.6 is 23.1 Å². The molecule has 7 heteroatoms. The Hall–Kier alpha value is -1.60. The Morgan fingerprint density at radius 1 is 1.33 bits per heavy atom. The third-order valence-corrected chi connectivity index (χ3v) is 6.54. The van der Waals surface area contributed by atoms with Crippen LogP contribution in [0.4, 0.5) is 0 Å². The van der Waals surface area contributed by atoms with E-state index in [1.54, 1.807) is 11.3 Å². The van der Waals surface area contributed by atoms with Crippen molar-refractivity contribution in [3.05, 3.63) is 33.5 Å². The quantitative estimate of drug-likeness (QED) is 0.621. The molecule has 0 bridgehead atoms. The fourth-order valence-corrected chi connectivity index (χ4v) is 5.07. The van der Waals surface area contributed by atoms with E-state index in [-0.39, 0.29) is 0 Å². The zero-order chi connectivity index (χ0) is 16.7. The van der Waals surface area contributed by atoms with Crippen molar-refractivity contribution in [3.63, 3.8) is 0 Å². The van der Waals surface area contributed by atoms with Gasteiger partial charge in [0, 0.05) is 16.2 Å². The molecular weight excluding hydrogens is 342 g/mol. The van der Waals surface area contributed by atoms with Gasteiger partial charge < -0.3 is 8.94 Å². The molecule has 0 radical (unpaired) electrons. The smallest absolute Gasteiger partial charge is 0.277 e. The topological polar surface area (TPSA) is 65.0 Å². The molecule has 0 saturated carbocycles. The van der Waals surface area contributed by atoms with Crippen molar-refractivity contribution >= 4 is 23.1 Å². The van der Waals surface area contributed by atoms with Crippen LogP contribution in [0.25, 0.3) is 10.8 Å². The van der Waals surface area contributed by atoms with Crippen molar-refractivity contribution in [1.29, 1.82) is 0 Å². The van der Waals surface area contributed by atoms with Crippen LogP contribution in [0.15, 0.2) is 20.2 Å². The normalized spacial score (nSPS) is 17.2. The molecule has 1 atom stereocenters. The standard InChI is InChI=1S/C17H19N3O2S2/c1-9-4-5-14-12(6-9)7-15(24-14)16-18-19-17(21-16)23-8-13-10(2)20-22-11(13)3/h7,9H,4-6,8H2,1-3H3/t9-/m1/s1. The van der Waals surface area contributed by atoms with E-state index in [4.69, 9.17) is 8.94 Å². The SMILES string of the molecule is Cc1noc(C)c1CSc1nnc(-c2cc3c(s2)CC[C@@H](C)C3)o1. The molecule has 3 aromatic heterocycles. The predicted molar refractivity (Wildman–Crippen MR) is 94.3 cm³/mol. The fraction of sp³-hybridized carbons (Fsp3) is 0.471. The number of thioether (sulfide) groups is 1. The molecule has 0 aromatic carbocycles. The van der Waals surface area contributed by atoms with Crippen molar-refractivity contribution < 1.29 is 8.94 Å². The maximum absolute atomic E-state index is 5.85. The van der Waals surface area contributed by atoms with Crippen molar-refractivity contribution in [3.8, 4) is 10.8 Å². The number of thiophene rings is 1. The fourth-order valence-electron chi connectivity index (χ4n) is 3.02. The molecule has 126 valence electrons. The molecule has 3 aromatic rings. The summed E-state index contributed by atoms with van der Waals surface area (Å²) in [6, 6.07) is 2.23. The average molecular weight is 361 g/mol. The van der Waals surface area contributed by atoms with Crippen LogP contribution in [-0.2, 0) is 18.6 Å². The van der Waals surface area contributed by atoms with Crippen LogP contribution in [0.1, 0.15) is 40.8 Å². The van der Waals surface area contributed by atoms with E-state index in [9.17, 15) is 0 Å². The molecule has 0 N–H and O–H groups in total. The summed E-state index contributed by atoms with van der Waals surface area (Å²) >= 11 is 3.32. The first-order valence-electron chi connectivity index (χ1n) is 8.10. The van der Waals surface area contributed by atoms with Crippen molar-refractivity contribution in [2.45, 2.75) is 51.0 Å². The number of rotatable bonds is 4. The van der Waals surface area contributed by atoms with Crippen LogP contribution in [0, 0.1) is 19.8 Å². The summed E-state index contributed by atoms with van der Waals surface area (Å²) in [7, 11) is 0. The van der Waals surface area contributed by atoms with Gasteiger partial charge in [-0.25, -0.2) is 0 Å². The number of hydrogen-bond acceptors (Lipinski definition) is 7. The number of aromatic nitrogens is 3. The van der Waals surface area contributed by atoms with Gasteiger partial charge in [-0.3, -0.25) is 0 Å². The van der Waals surface area contributed by atoms with Gasteiger partial charge in [0.1, 0.15) is 5.76 Å². The number of hydrogen-bond donors (Lipinski definition) is 0. The Kier molecular flexibility index (Phi) is 4.22. The molecule has 0 fully saturated rings. The highest BCUT2D eigenvalue weighted by atomic mass is 32.2. The van der Waals surface area contributed by atoms with Gasteiger partial charge in [-0.15, -0.1) is 21.5 Å². The van der Waals surface area contributed by atoms with E-state index in [2.05, 4.69) is 28.3 Å². The molecule has 1 aliphatic rings. The minimum atomic E-state index is 0.588. The molecular formula is C17H19N3O2S2. The Balaban J connectivity index is 1.49. The average Bonchev–Trinajstić information content (AvgIpc) is 3.25. The second-order valence-electron chi connectivity index (χ2n) is 6.37. The lowest BCUT2D eigenvalue weighted by Crippen LogP contribution is -2.07. The lowest BCUT2D eigenvalue weighted by atomic mass is 9.90. The van der Waals surface area contributed by atoms with Gasteiger partial charge in [0.05, 0.1) is 10.6 Å². The molecule has 24 heavy (non-hydrogen) atoms. The summed E-state index contributed by atoms with van der Waals surface area (Å²) < 4.78 is 11.0. The molecule has 0 amide bonds. The van der Waals surface area contributed by atoms with E-state index in [0.29, 0.717) is 11.1 Å². The van der Waals surface area contributed by atoms with E-state index >= 15 is 0 Å². The lowest BCUT2D eigenvalue weighted by Gasteiger charge is -2.16. The van der Waals surface area contributed by atoms with E-state index < -0.39 is 0 Å². The number of fused-ring (bicyclic) bond motifs is 1. The Morgan fingerprint density at radius 3 is 3.00 bits per heavy atom. The monoisotopic (exact) mass is 361 g/mol. The maximum atomic E-state index is 5.85. The van der Waals surface area contributed by atoms with E-state index in [1.807, 2.05) is 13.8 Å². The van der Waals surface area contributed by atoms with Crippen molar-refractivity contribution in [1.82, 2.24) is 15.4 Å². The summed E-state index contributed by atoms with van der Waals surface area (Å²) in [4.78, 5) is 2.57. The Bertz CT molecular complexity index is 846. The summed E-state index contributed by atoms with van der Waals surface area (Å²) in [5.41, 5.74) is 3.47. The van der Waals surface area contributed by atoms with E-state index in [0.717, 1.165) is 40.0 Å². The molecule has 0 spiro atoms. The molecule has 0 unspecified atom stereocenters. The minimum absolute atomic E-state index is 0.588. The summed E-state index contributed by atoms with van der Waals surface area (Å²) in [6.07, 6.45) is 3.60. The van der Waals surface area contributed by atoms with Gasteiger partial charge in [0.2, 0.25) is 0 Å². The highest BCUT2D eigenvalue weighted by Crippen LogP contribution is 2.37. The Labute approximate surface area is 148 Å². The second-order valence-corrected chi connectivity index (χ2v) is 8.43. The third kappa shape index (κ3) is 3.02.